The highest BCUT2D eigenvalue weighted by Crippen LogP contribution is 2.13. The van der Waals surface area contributed by atoms with Crippen molar-refractivity contribution in [2.45, 2.75) is 26.2 Å². The number of carbonyl (C=O) groups excluding carboxylic acids is 2. The molecular formula is C13H17N5O3S. The van der Waals surface area contributed by atoms with Crippen molar-refractivity contribution in [2.24, 2.45) is 0 Å². The number of thiazole rings is 1. The van der Waals surface area contributed by atoms with Crippen LogP contribution in [-0.4, -0.2) is 45.7 Å². The molecule has 0 aliphatic heterocycles. The molecule has 2 N–H and O–H groups in total. The topological polar surface area (TPSA) is 110 Å². The number of ether oxygens (including phenoxy) is 1. The molecule has 0 saturated carbocycles. The lowest BCUT2D eigenvalue weighted by molar-refractivity contribution is 0.0600. The van der Waals surface area contributed by atoms with E-state index in [-0.39, 0.29) is 16.8 Å². The van der Waals surface area contributed by atoms with Crippen molar-refractivity contribution < 1.29 is 14.3 Å². The van der Waals surface area contributed by atoms with E-state index in [0.29, 0.717) is 17.8 Å². The normalized spacial score (nSPS) is 10.7. The number of esters is 1. The number of carbonyl (C=O) groups is 2. The third-order valence-electron chi connectivity index (χ3n) is 2.80. The molecular weight excluding hydrogens is 306 g/mol. The van der Waals surface area contributed by atoms with Crippen molar-refractivity contribution in [3.05, 3.63) is 27.7 Å². The molecule has 2 aromatic rings. The van der Waals surface area contributed by atoms with Gasteiger partial charge in [0.15, 0.2) is 5.82 Å². The zero-order valence-electron chi connectivity index (χ0n) is 12.5. The largest absolute Gasteiger partial charge is 0.464 e. The van der Waals surface area contributed by atoms with Crippen molar-refractivity contribution in [1.29, 1.82) is 0 Å². The van der Waals surface area contributed by atoms with Gasteiger partial charge in [0.05, 0.1) is 13.3 Å². The Bertz CT molecular complexity index is 664. The van der Waals surface area contributed by atoms with Gasteiger partial charge in [-0.3, -0.25) is 9.89 Å². The van der Waals surface area contributed by atoms with E-state index in [9.17, 15) is 9.59 Å². The highest BCUT2D eigenvalue weighted by molar-refractivity contribution is 7.15. The monoisotopic (exact) mass is 323 g/mol. The number of nitrogens with zero attached hydrogens (tertiary/aromatic N) is 3. The Morgan fingerprint density at radius 3 is 2.86 bits per heavy atom. The van der Waals surface area contributed by atoms with Gasteiger partial charge in [-0.15, -0.1) is 11.3 Å². The molecule has 0 saturated heterocycles. The summed E-state index contributed by atoms with van der Waals surface area (Å²) in [6, 6.07) is 0. The smallest absolute Gasteiger partial charge is 0.367 e. The van der Waals surface area contributed by atoms with Gasteiger partial charge in [0, 0.05) is 18.9 Å². The van der Waals surface area contributed by atoms with Crippen LogP contribution in [0.3, 0.4) is 0 Å². The number of amides is 1. The number of methoxy groups -OCH3 is 1. The molecule has 0 bridgehead atoms. The third kappa shape index (κ3) is 3.88. The van der Waals surface area contributed by atoms with Crippen LogP contribution < -0.4 is 5.32 Å². The molecule has 9 heteroatoms. The number of rotatable bonds is 6. The van der Waals surface area contributed by atoms with Crippen molar-refractivity contribution in [3.63, 3.8) is 0 Å². The summed E-state index contributed by atoms with van der Waals surface area (Å²) in [7, 11) is 1.27. The Balaban J connectivity index is 1.84. The standard InChI is InChI=1S/C13H17N5O3S/c1-7(2)10-16-9(17-18-10)4-5-14-11(19)8-6-15-12(22-8)13(20)21-3/h6-7H,4-5H2,1-3H3,(H,14,19)(H,16,17,18). The highest BCUT2D eigenvalue weighted by atomic mass is 32.1. The molecule has 2 aromatic heterocycles. The fourth-order valence-corrected chi connectivity index (χ4v) is 2.37. The maximum atomic E-state index is 11.9. The molecule has 1 amide bonds. The number of hydrogen-bond donors (Lipinski definition) is 2. The molecule has 0 radical (unpaired) electrons. The average molecular weight is 323 g/mol. The van der Waals surface area contributed by atoms with Crippen LogP contribution in [0.2, 0.25) is 0 Å². The Labute approximate surface area is 131 Å². The van der Waals surface area contributed by atoms with Gasteiger partial charge in [-0.2, -0.15) is 5.10 Å². The SMILES string of the molecule is COC(=O)c1ncc(C(=O)NCCc2nc(C(C)C)n[nH]2)s1. The van der Waals surface area contributed by atoms with Gasteiger partial charge in [-0.25, -0.2) is 14.8 Å². The van der Waals surface area contributed by atoms with Gasteiger partial charge in [-0.05, 0) is 0 Å². The quantitative estimate of drug-likeness (QED) is 0.772. The first-order valence-electron chi connectivity index (χ1n) is 6.74. The lowest BCUT2D eigenvalue weighted by Gasteiger charge is -2.00. The van der Waals surface area contributed by atoms with Gasteiger partial charge >= 0.3 is 5.97 Å². The van der Waals surface area contributed by atoms with Crippen LogP contribution in [0.15, 0.2) is 6.20 Å². The second-order valence-electron chi connectivity index (χ2n) is 4.82. The van der Waals surface area contributed by atoms with Gasteiger partial charge in [0.2, 0.25) is 5.01 Å². The second kappa shape index (κ2) is 7.12. The molecule has 0 fully saturated rings. The summed E-state index contributed by atoms with van der Waals surface area (Å²) in [4.78, 5) is 31.8. The van der Waals surface area contributed by atoms with Crippen LogP contribution in [0.25, 0.3) is 0 Å². The van der Waals surface area contributed by atoms with Crippen molar-refractivity contribution in [3.8, 4) is 0 Å². The molecule has 0 aliphatic rings. The fourth-order valence-electron chi connectivity index (χ4n) is 1.62. The molecule has 2 rings (SSSR count). The predicted molar refractivity (Wildman–Crippen MR) is 80.0 cm³/mol. The Kier molecular flexibility index (Phi) is 5.21. The summed E-state index contributed by atoms with van der Waals surface area (Å²) in [5.41, 5.74) is 0. The summed E-state index contributed by atoms with van der Waals surface area (Å²) in [6.45, 7) is 4.44. The van der Waals surface area contributed by atoms with E-state index < -0.39 is 5.97 Å². The molecule has 0 aromatic carbocycles. The van der Waals surface area contributed by atoms with Gasteiger partial charge < -0.3 is 10.1 Å². The first kappa shape index (κ1) is 16.1. The number of hydrogen-bond acceptors (Lipinski definition) is 7. The number of aromatic amines is 1. The van der Waals surface area contributed by atoms with E-state index in [4.69, 9.17) is 0 Å². The third-order valence-corrected chi connectivity index (χ3v) is 3.78. The lowest BCUT2D eigenvalue weighted by Crippen LogP contribution is -2.25. The number of H-pyrrole nitrogens is 1. The zero-order chi connectivity index (χ0) is 16.1. The molecule has 8 nitrogen and oxygen atoms in total. The van der Waals surface area contributed by atoms with Crippen LogP contribution in [0.1, 0.15) is 50.9 Å². The maximum absolute atomic E-state index is 11.9. The van der Waals surface area contributed by atoms with Gasteiger partial charge in [0.1, 0.15) is 10.7 Å². The first-order chi connectivity index (χ1) is 10.5. The average Bonchev–Trinajstić information content (AvgIpc) is 3.15. The van der Waals surface area contributed by atoms with Crippen LogP contribution in [0.5, 0.6) is 0 Å². The maximum Gasteiger partial charge on any atom is 0.367 e. The molecule has 0 atom stereocenters. The minimum atomic E-state index is -0.549. The molecule has 2 heterocycles. The Morgan fingerprint density at radius 1 is 1.45 bits per heavy atom. The molecule has 0 aliphatic carbocycles. The summed E-state index contributed by atoms with van der Waals surface area (Å²) in [5.74, 6) is 0.909. The zero-order valence-corrected chi connectivity index (χ0v) is 13.4. The van der Waals surface area contributed by atoms with E-state index in [1.54, 1.807) is 0 Å². The molecule has 0 spiro atoms. The van der Waals surface area contributed by atoms with E-state index in [0.717, 1.165) is 23.0 Å². The number of nitrogens with one attached hydrogen (secondary N) is 2. The van der Waals surface area contributed by atoms with E-state index >= 15 is 0 Å². The summed E-state index contributed by atoms with van der Waals surface area (Å²) >= 11 is 0.994. The summed E-state index contributed by atoms with van der Waals surface area (Å²) in [5, 5.41) is 9.84. The minimum Gasteiger partial charge on any atom is -0.464 e. The van der Waals surface area contributed by atoms with Crippen LogP contribution in [0.4, 0.5) is 0 Å². The fraction of sp³-hybridized carbons (Fsp3) is 0.462. The minimum absolute atomic E-state index is 0.157. The molecule has 118 valence electrons. The predicted octanol–water partition coefficient (Wildman–Crippen LogP) is 1.14. The second-order valence-corrected chi connectivity index (χ2v) is 5.85. The van der Waals surface area contributed by atoms with E-state index in [1.807, 2.05) is 13.8 Å². The Morgan fingerprint density at radius 2 is 2.23 bits per heavy atom. The summed E-state index contributed by atoms with van der Waals surface area (Å²) in [6.07, 6.45) is 1.91. The Hall–Kier alpha value is -2.29. The summed E-state index contributed by atoms with van der Waals surface area (Å²) < 4.78 is 4.55. The van der Waals surface area contributed by atoms with Crippen molar-refractivity contribution in [1.82, 2.24) is 25.5 Å². The van der Waals surface area contributed by atoms with Crippen LogP contribution in [0, 0.1) is 0 Å². The van der Waals surface area contributed by atoms with E-state index in [2.05, 4.69) is 30.2 Å². The van der Waals surface area contributed by atoms with Gasteiger partial charge in [-0.1, -0.05) is 13.8 Å². The van der Waals surface area contributed by atoms with Crippen molar-refractivity contribution in [2.75, 3.05) is 13.7 Å². The van der Waals surface area contributed by atoms with Crippen LogP contribution in [-0.2, 0) is 11.2 Å². The lowest BCUT2D eigenvalue weighted by atomic mass is 10.2. The van der Waals surface area contributed by atoms with Crippen LogP contribution >= 0.6 is 11.3 Å². The highest BCUT2D eigenvalue weighted by Gasteiger charge is 2.15. The molecule has 22 heavy (non-hydrogen) atoms. The van der Waals surface area contributed by atoms with Gasteiger partial charge in [0.25, 0.3) is 5.91 Å². The van der Waals surface area contributed by atoms with E-state index in [1.165, 1.54) is 13.3 Å². The molecule has 0 unspecified atom stereocenters. The first-order valence-corrected chi connectivity index (χ1v) is 7.56. The van der Waals surface area contributed by atoms with Crippen molar-refractivity contribution >= 4 is 23.2 Å². The number of aromatic nitrogens is 4.